The summed E-state index contributed by atoms with van der Waals surface area (Å²) in [7, 11) is 0. The van der Waals surface area contributed by atoms with Crippen molar-refractivity contribution in [2.75, 3.05) is 11.1 Å². The number of anilines is 1. The van der Waals surface area contributed by atoms with Gasteiger partial charge < -0.3 is 9.88 Å². The zero-order chi connectivity index (χ0) is 19.3. The van der Waals surface area contributed by atoms with Crippen molar-refractivity contribution in [3.05, 3.63) is 48.3 Å². The third kappa shape index (κ3) is 4.55. The van der Waals surface area contributed by atoms with Gasteiger partial charge in [-0.3, -0.25) is 9.78 Å². The Morgan fingerprint density at radius 3 is 2.71 bits per heavy atom. The second-order valence-corrected chi connectivity index (χ2v) is 8.53. The van der Waals surface area contributed by atoms with E-state index in [1.54, 1.807) is 6.20 Å². The van der Waals surface area contributed by atoms with Crippen LogP contribution in [-0.2, 0) is 11.3 Å². The molecule has 1 amide bonds. The van der Waals surface area contributed by atoms with Crippen LogP contribution in [0.5, 0.6) is 0 Å². The first-order chi connectivity index (χ1) is 13.7. The molecule has 0 atom stereocenters. The maximum atomic E-state index is 11.2. The summed E-state index contributed by atoms with van der Waals surface area (Å²) in [5, 5.41) is 3.89. The Balaban J connectivity index is 1.55. The molecule has 0 spiro atoms. The van der Waals surface area contributed by atoms with Crippen molar-refractivity contribution < 1.29 is 4.79 Å². The highest BCUT2D eigenvalue weighted by Gasteiger charge is 2.17. The predicted molar refractivity (Wildman–Crippen MR) is 115 cm³/mol. The molecule has 6 heteroatoms. The zero-order valence-corrected chi connectivity index (χ0v) is 17.0. The number of nitrogens with one attached hydrogen (secondary N) is 1. The molecule has 1 aromatic carbocycles. The number of carbonyl (C=O) groups excluding carboxylic acids is 1. The highest BCUT2D eigenvalue weighted by molar-refractivity contribution is 7.99. The summed E-state index contributed by atoms with van der Waals surface area (Å²) < 4.78 is 2.27. The molecule has 28 heavy (non-hydrogen) atoms. The topological polar surface area (TPSA) is 59.8 Å². The molecule has 0 unspecified atom stereocenters. The molecule has 2 aromatic heterocycles. The van der Waals surface area contributed by atoms with Gasteiger partial charge in [-0.2, -0.15) is 0 Å². The van der Waals surface area contributed by atoms with Gasteiger partial charge in [0.15, 0.2) is 5.16 Å². The highest BCUT2D eigenvalue weighted by Crippen LogP contribution is 2.31. The highest BCUT2D eigenvalue weighted by atomic mass is 32.2. The minimum Gasteiger partial charge on any atom is -0.326 e. The third-order valence-corrected chi connectivity index (χ3v) is 6.51. The van der Waals surface area contributed by atoms with E-state index in [0.717, 1.165) is 40.1 Å². The predicted octanol–water partition coefficient (Wildman–Crippen LogP) is 5.11. The van der Waals surface area contributed by atoms with Gasteiger partial charge in [0.1, 0.15) is 0 Å². The van der Waals surface area contributed by atoms with Gasteiger partial charge in [0.25, 0.3) is 0 Å². The van der Waals surface area contributed by atoms with Crippen molar-refractivity contribution in [2.45, 2.75) is 50.7 Å². The normalized spacial score (nSPS) is 15.0. The van der Waals surface area contributed by atoms with Crippen LogP contribution in [-0.4, -0.2) is 26.2 Å². The number of carbonyl (C=O) groups is 1. The number of pyridine rings is 1. The summed E-state index contributed by atoms with van der Waals surface area (Å²) in [6, 6.07) is 9.99. The monoisotopic (exact) mass is 394 g/mol. The Labute approximate surface area is 170 Å². The average Bonchev–Trinajstić information content (AvgIpc) is 3.06. The minimum atomic E-state index is -0.0548. The lowest BCUT2D eigenvalue weighted by atomic mass is 9.91. The molecule has 0 aliphatic heterocycles. The minimum absolute atomic E-state index is 0.0548. The van der Waals surface area contributed by atoms with Gasteiger partial charge in [-0.1, -0.05) is 43.2 Å². The van der Waals surface area contributed by atoms with Gasteiger partial charge in [-0.05, 0) is 42.5 Å². The van der Waals surface area contributed by atoms with Gasteiger partial charge >= 0.3 is 0 Å². The van der Waals surface area contributed by atoms with Gasteiger partial charge in [-0.15, -0.1) is 0 Å². The summed E-state index contributed by atoms with van der Waals surface area (Å²) in [6.45, 7) is 2.27. The fraction of sp³-hybridized carbons (Fsp3) is 0.409. The molecule has 1 saturated carbocycles. The SMILES string of the molecule is CC(=O)Nc1ccc(Cn2c(SCC3CCCCC3)nc3ccncc32)cc1. The summed E-state index contributed by atoms with van der Waals surface area (Å²) >= 11 is 1.88. The fourth-order valence-electron chi connectivity index (χ4n) is 3.84. The number of thioether (sulfide) groups is 1. The van der Waals surface area contributed by atoms with Crippen molar-refractivity contribution in [3.63, 3.8) is 0 Å². The molecule has 1 aliphatic rings. The number of aromatic nitrogens is 3. The van der Waals surface area contributed by atoms with Crippen LogP contribution in [0.4, 0.5) is 5.69 Å². The molecule has 0 radical (unpaired) electrons. The van der Waals surface area contributed by atoms with E-state index in [9.17, 15) is 4.79 Å². The van der Waals surface area contributed by atoms with Crippen LogP contribution in [0.3, 0.4) is 0 Å². The van der Waals surface area contributed by atoms with E-state index >= 15 is 0 Å². The van der Waals surface area contributed by atoms with Crippen molar-refractivity contribution in [3.8, 4) is 0 Å². The van der Waals surface area contributed by atoms with Gasteiger partial charge in [-0.25, -0.2) is 4.98 Å². The van der Waals surface area contributed by atoms with Crippen molar-refractivity contribution >= 4 is 34.4 Å². The van der Waals surface area contributed by atoms with Gasteiger partial charge in [0.2, 0.25) is 5.91 Å². The summed E-state index contributed by atoms with van der Waals surface area (Å²) in [6.07, 6.45) is 10.5. The van der Waals surface area contributed by atoms with Crippen LogP contribution in [0.2, 0.25) is 0 Å². The van der Waals surface area contributed by atoms with E-state index in [1.165, 1.54) is 44.6 Å². The lowest BCUT2D eigenvalue weighted by Gasteiger charge is -2.21. The number of nitrogens with zero attached hydrogens (tertiary/aromatic N) is 3. The number of amides is 1. The van der Waals surface area contributed by atoms with Crippen LogP contribution in [0.1, 0.15) is 44.6 Å². The van der Waals surface area contributed by atoms with Crippen LogP contribution in [0, 0.1) is 5.92 Å². The Morgan fingerprint density at radius 2 is 1.96 bits per heavy atom. The number of hydrogen-bond acceptors (Lipinski definition) is 4. The van der Waals surface area contributed by atoms with Crippen molar-refractivity contribution in [1.29, 1.82) is 0 Å². The molecule has 3 aromatic rings. The number of imidazole rings is 1. The maximum absolute atomic E-state index is 11.2. The van der Waals surface area contributed by atoms with E-state index in [-0.39, 0.29) is 5.91 Å². The van der Waals surface area contributed by atoms with Crippen molar-refractivity contribution in [2.24, 2.45) is 5.92 Å². The Hall–Kier alpha value is -2.34. The number of benzene rings is 1. The van der Waals surface area contributed by atoms with Crippen LogP contribution >= 0.6 is 11.8 Å². The summed E-state index contributed by atoms with van der Waals surface area (Å²) in [5.41, 5.74) is 4.06. The quantitative estimate of drug-likeness (QED) is 0.590. The van der Waals surface area contributed by atoms with Crippen LogP contribution in [0.15, 0.2) is 47.9 Å². The first-order valence-electron chi connectivity index (χ1n) is 9.98. The first kappa shape index (κ1) is 19.0. The van der Waals surface area contributed by atoms with Gasteiger partial charge in [0.05, 0.1) is 23.8 Å². The van der Waals surface area contributed by atoms with Crippen LogP contribution < -0.4 is 5.32 Å². The molecule has 1 fully saturated rings. The molecule has 5 nitrogen and oxygen atoms in total. The molecule has 4 rings (SSSR count). The van der Waals surface area contributed by atoms with E-state index in [0.29, 0.717) is 0 Å². The Kier molecular flexibility index (Phi) is 5.95. The van der Waals surface area contributed by atoms with Gasteiger partial charge in [0, 0.05) is 24.6 Å². The summed E-state index contributed by atoms with van der Waals surface area (Å²) in [5.74, 6) is 1.89. The molecule has 0 saturated heterocycles. The van der Waals surface area contributed by atoms with E-state index in [4.69, 9.17) is 4.98 Å². The smallest absolute Gasteiger partial charge is 0.221 e. The lowest BCUT2D eigenvalue weighted by molar-refractivity contribution is -0.114. The third-order valence-electron chi connectivity index (χ3n) is 5.30. The van der Waals surface area contributed by atoms with Crippen LogP contribution in [0.25, 0.3) is 11.0 Å². The fourth-order valence-corrected chi connectivity index (χ4v) is 5.04. The number of hydrogen-bond donors (Lipinski definition) is 1. The second kappa shape index (κ2) is 8.78. The molecule has 0 bridgehead atoms. The molecular formula is C22H26N4OS. The largest absolute Gasteiger partial charge is 0.326 e. The second-order valence-electron chi connectivity index (χ2n) is 7.54. The molecule has 1 aliphatic carbocycles. The Bertz CT molecular complexity index is 945. The first-order valence-corrected chi connectivity index (χ1v) is 11.0. The van der Waals surface area contributed by atoms with Crippen molar-refractivity contribution in [1.82, 2.24) is 14.5 Å². The Morgan fingerprint density at radius 1 is 1.18 bits per heavy atom. The van der Waals surface area contributed by atoms with E-state index in [1.807, 2.05) is 36.2 Å². The molecule has 146 valence electrons. The number of fused-ring (bicyclic) bond motifs is 1. The van der Waals surface area contributed by atoms with E-state index in [2.05, 4.69) is 27.0 Å². The average molecular weight is 395 g/mol. The maximum Gasteiger partial charge on any atom is 0.221 e. The lowest BCUT2D eigenvalue weighted by Crippen LogP contribution is -2.10. The molecule has 1 N–H and O–H groups in total. The molecular weight excluding hydrogens is 368 g/mol. The number of rotatable bonds is 6. The zero-order valence-electron chi connectivity index (χ0n) is 16.2. The van der Waals surface area contributed by atoms with E-state index < -0.39 is 0 Å². The summed E-state index contributed by atoms with van der Waals surface area (Å²) in [4.78, 5) is 20.4. The molecule has 2 heterocycles. The standard InChI is InChI=1S/C22H26N4OS/c1-16(27)24-19-9-7-17(8-10-19)14-26-21-13-23-12-11-20(21)25-22(26)28-15-18-5-3-2-4-6-18/h7-13,18H,2-6,14-15H2,1H3,(H,24,27).